The largest absolute Gasteiger partial charge is 0.212 e. The van der Waals surface area contributed by atoms with E-state index in [0.29, 0.717) is 12.3 Å². The van der Waals surface area contributed by atoms with Gasteiger partial charge in [0.2, 0.25) is 0 Å². The molecule has 0 nitrogen and oxygen atoms in total. The lowest BCUT2D eigenvalue weighted by molar-refractivity contribution is 0.436. The van der Waals surface area contributed by atoms with Crippen molar-refractivity contribution in [3.8, 4) is 0 Å². The van der Waals surface area contributed by atoms with E-state index < -0.39 is 0 Å². The van der Waals surface area contributed by atoms with E-state index in [0.717, 1.165) is 12.8 Å². The Balaban J connectivity index is 2.45. The summed E-state index contributed by atoms with van der Waals surface area (Å²) in [6.45, 7) is 2.09. The summed E-state index contributed by atoms with van der Waals surface area (Å²) in [5.74, 6) is 0.656. The molecule has 1 unspecified atom stereocenters. The molecule has 0 aromatic rings. The van der Waals surface area contributed by atoms with Gasteiger partial charge in [-0.3, -0.25) is 0 Å². The number of hydrogen-bond donors (Lipinski definition) is 0. The van der Waals surface area contributed by atoms with Gasteiger partial charge in [-0.2, -0.15) is 0 Å². The number of rotatable bonds is 0. The predicted molar refractivity (Wildman–Crippen MR) is 32.2 cm³/mol. The first-order chi connectivity index (χ1) is 3.79. The molecule has 8 heavy (non-hydrogen) atoms. The predicted octanol–water partition coefficient (Wildman–Crippen LogP) is 2.66. The van der Waals surface area contributed by atoms with Crippen molar-refractivity contribution in [3.63, 3.8) is 0 Å². The Labute approximate surface area is 49.4 Å². The number of hydrogen-bond acceptors (Lipinski definition) is 0. The third kappa shape index (κ3) is 1.32. The summed E-state index contributed by atoms with van der Waals surface area (Å²) in [6.07, 6.45) is 4.46. The second kappa shape index (κ2) is 2.29. The van der Waals surface area contributed by atoms with Gasteiger partial charge < -0.3 is 0 Å². The first-order valence-corrected chi connectivity index (χ1v) is 3.13. The zero-order valence-electron chi connectivity index (χ0n) is 5.15. The Morgan fingerprint density at radius 3 is 2.88 bits per heavy atom. The maximum absolute atomic E-state index is 12.3. The molecule has 1 atom stereocenters. The summed E-state index contributed by atoms with van der Waals surface area (Å²) in [6, 6.07) is 0. The van der Waals surface area contributed by atoms with E-state index in [4.69, 9.17) is 0 Å². The summed E-state index contributed by atoms with van der Waals surface area (Å²) >= 11 is 0. The normalized spacial score (nSPS) is 29.8. The van der Waals surface area contributed by atoms with Gasteiger partial charge in [-0.15, -0.1) is 0 Å². The monoisotopic (exact) mass is 114 g/mol. The Morgan fingerprint density at radius 1 is 1.75 bits per heavy atom. The molecule has 0 saturated carbocycles. The maximum atomic E-state index is 12.3. The quantitative estimate of drug-likeness (QED) is 0.454. The van der Waals surface area contributed by atoms with Gasteiger partial charge in [0, 0.05) is 6.42 Å². The van der Waals surface area contributed by atoms with E-state index in [1.807, 2.05) is 0 Å². The lowest BCUT2D eigenvalue weighted by atomic mass is 9.96. The first kappa shape index (κ1) is 5.80. The van der Waals surface area contributed by atoms with Crippen molar-refractivity contribution in [3.05, 3.63) is 11.9 Å². The van der Waals surface area contributed by atoms with Crippen molar-refractivity contribution >= 4 is 0 Å². The highest BCUT2D eigenvalue weighted by molar-refractivity contribution is 4.96. The number of halogens is 1. The zero-order valence-corrected chi connectivity index (χ0v) is 5.15. The van der Waals surface area contributed by atoms with Gasteiger partial charge in [0.1, 0.15) is 0 Å². The van der Waals surface area contributed by atoms with Crippen LogP contribution < -0.4 is 0 Å². The molecule has 0 radical (unpaired) electrons. The van der Waals surface area contributed by atoms with Gasteiger partial charge in [-0.25, -0.2) is 4.39 Å². The van der Waals surface area contributed by atoms with Gasteiger partial charge in [-0.05, 0) is 18.8 Å². The molecule has 0 heterocycles. The summed E-state index contributed by atoms with van der Waals surface area (Å²) in [4.78, 5) is 0. The molecule has 0 fully saturated rings. The van der Waals surface area contributed by atoms with Gasteiger partial charge in [-0.1, -0.05) is 13.0 Å². The van der Waals surface area contributed by atoms with Crippen molar-refractivity contribution in [1.82, 2.24) is 0 Å². The van der Waals surface area contributed by atoms with E-state index in [1.165, 1.54) is 0 Å². The van der Waals surface area contributed by atoms with Crippen LogP contribution in [0.25, 0.3) is 0 Å². The molecule has 0 amide bonds. The molecule has 0 spiro atoms. The molecule has 0 aliphatic heterocycles. The zero-order chi connectivity index (χ0) is 5.98. The highest BCUT2D eigenvalue weighted by Crippen LogP contribution is 2.23. The standard InChI is InChI=1S/C7H11F/c1-6-3-2-4-7(8)5-6/h4,6H,2-3,5H2,1H3. The molecule has 1 aliphatic carbocycles. The van der Waals surface area contributed by atoms with Crippen molar-refractivity contribution in [2.75, 3.05) is 0 Å². The van der Waals surface area contributed by atoms with E-state index >= 15 is 0 Å². The van der Waals surface area contributed by atoms with Crippen LogP contribution in [-0.4, -0.2) is 0 Å². The fourth-order valence-electron chi connectivity index (χ4n) is 1.04. The summed E-state index contributed by atoms with van der Waals surface area (Å²) < 4.78 is 12.3. The molecule has 0 N–H and O–H groups in total. The molecule has 0 saturated heterocycles. The van der Waals surface area contributed by atoms with Crippen molar-refractivity contribution in [2.45, 2.75) is 26.2 Å². The Kier molecular flexibility index (Phi) is 1.66. The van der Waals surface area contributed by atoms with Gasteiger partial charge in [0.05, 0.1) is 5.83 Å². The van der Waals surface area contributed by atoms with Crippen LogP contribution in [0.2, 0.25) is 0 Å². The minimum absolute atomic E-state index is 0.0868. The van der Waals surface area contributed by atoms with Gasteiger partial charge >= 0.3 is 0 Å². The summed E-state index contributed by atoms with van der Waals surface area (Å²) in [5.41, 5.74) is 0. The van der Waals surface area contributed by atoms with Crippen LogP contribution in [0.3, 0.4) is 0 Å². The molecule has 0 aromatic carbocycles. The van der Waals surface area contributed by atoms with E-state index in [1.54, 1.807) is 6.08 Å². The fraction of sp³-hybridized carbons (Fsp3) is 0.714. The third-order valence-electron chi connectivity index (χ3n) is 1.57. The smallest absolute Gasteiger partial charge is 0.0962 e. The summed E-state index contributed by atoms with van der Waals surface area (Å²) in [5, 5.41) is 0. The van der Waals surface area contributed by atoms with E-state index in [2.05, 4.69) is 6.92 Å². The van der Waals surface area contributed by atoms with Gasteiger partial charge in [0.25, 0.3) is 0 Å². The molecular weight excluding hydrogens is 103 g/mol. The number of allylic oxidation sites excluding steroid dienone is 2. The van der Waals surface area contributed by atoms with E-state index in [9.17, 15) is 4.39 Å². The molecule has 1 heteroatoms. The third-order valence-corrected chi connectivity index (χ3v) is 1.57. The van der Waals surface area contributed by atoms with Crippen LogP contribution >= 0.6 is 0 Å². The van der Waals surface area contributed by atoms with Crippen LogP contribution in [0.5, 0.6) is 0 Å². The molecule has 0 bridgehead atoms. The minimum atomic E-state index is 0.0868. The molecule has 1 aliphatic rings. The van der Waals surface area contributed by atoms with Crippen LogP contribution in [0.1, 0.15) is 26.2 Å². The second-order valence-electron chi connectivity index (χ2n) is 2.54. The maximum Gasteiger partial charge on any atom is 0.0962 e. The lowest BCUT2D eigenvalue weighted by Crippen LogP contribution is -1.98. The molecule has 1 rings (SSSR count). The average Bonchev–Trinajstić information content (AvgIpc) is 1.64. The highest BCUT2D eigenvalue weighted by atomic mass is 19.1. The Hall–Kier alpha value is -0.330. The van der Waals surface area contributed by atoms with Crippen molar-refractivity contribution in [2.24, 2.45) is 5.92 Å². The van der Waals surface area contributed by atoms with Gasteiger partial charge in [0.15, 0.2) is 0 Å². The lowest BCUT2D eigenvalue weighted by Gasteiger charge is -2.12. The molecule has 0 aromatic heterocycles. The first-order valence-electron chi connectivity index (χ1n) is 3.13. The fourth-order valence-corrected chi connectivity index (χ4v) is 1.04. The van der Waals surface area contributed by atoms with Crippen LogP contribution in [0.4, 0.5) is 4.39 Å². The Morgan fingerprint density at radius 2 is 2.50 bits per heavy atom. The second-order valence-corrected chi connectivity index (χ2v) is 2.54. The van der Waals surface area contributed by atoms with Crippen molar-refractivity contribution in [1.29, 1.82) is 0 Å². The molecular formula is C7H11F. The highest BCUT2D eigenvalue weighted by Gasteiger charge is 2.08. The van der Waals surface area contributed by atoms with Crippen LogP contribution in [0.15, 0.2) is 11.9 Å². The van der Waals surface area contributed by atoms with Crippen LogP contribution in [-0.2, 0) is 0 Å². The minimum Gasteiger partial charge on any atom is -0.212 e. The SMILES string of the molecule is CC1CCC=C(F)C1. The van der Waals surface area contributed by atoms with Crippen molar-refractivity contribution < 1.29 is 4.39 Å². The Bertz CT molecular complexity index is 105. The van der Waals surface area contributed by atoms with Crippen LogP contribution in [0, 0.1) is 5.92 Å². The summed E-state index contributed by atoms with van der Waals surface area (Å²) in [7, 11) is 0. The topological polar surface area (TPSA) is 0 Å². The van der Waals surface area contributed by atoms with E-state index in [-0.39, 0.29) is 5.83 Å². The molecule has 46 valence electrons. The average molecular weight is 114 g/mol.